The Morgan fingerprint density at radius 2 is 1.83 bits per heavy atom. The number of aromatic nitrogens is 5. The van der Waals surface area contributed by atoms with Crippen molar-refractivity contribution in [2.45, 2.75) is 53.1 Å². The van der Waals surface area contributed by atoms with Crippen LogP contribution in [0.5, 0.6) is 0 Å². The predicted octanol–water partition coefficient (Wildman–Crippen LogP) is 7.41. The molecule has 3 N–H and O–H groups in total. The number of nitrogens with zero attached hydrogens (tertiary/aromatic N) is 7. The third kappa shape index (κ3) is 7.14. The van der Waals surface area contributed by atoms with Gasteiger partial charge in [-0.2, -0.15) is 5.26 Å². The monoisotopic (exact) mass is 611 g/mol. The van der Waals surface area contributed by atoms with Crippen LogP contribution >= 0.6 is 0 Å². The van der Waals surface area contributed by atoms with Crippen LogP contribution in [-0.2, 0) is 6.54 Å². The Morgan fingerprint density at radius 1 is 1.04 bits per heavy atom. The second-order valence-electron chi connectivity index (χ2n) is 10.9. The Morgan fingerprint density at radius 3 is 2.52 bits per heavy atom. The summed E-state index contributed by atoms with van der Waals surface area (Å²) in [6.45, 7) is 10.9. The number of piperidine rings is 1. The van der Waals surface area contributed by atoms with Crippen molar-refractivity contribution in [3.05, 3.63) is 108 Å². The van der Waals surface area contributed by atoms with Gasteiger partial charge >= 0.3 is 0 Å². The number of imidazole rings is 1. The zero-order valence-corrected chi connectivity index (χ0v) is 27.0. The highest BCUT2D eigenvalue weighted by Crippen LogP contribution is 2.31. The molecule has 9 nitrogen and oxygen atoms in total. The zero-order valence-electron chi connectivity index (χ0n) is 27.0. The Kier molecular flexibility index (Phi) is 10.5. The summed E-state index contributed by atoms with van der Waals surface area (Å²) in [6.07, 6.45) is 13.3. The first-order valence-electron chi connectivity index (χ1n) is 15.9. The molecule has 1 aromatic carbocycles. The molecule has 46 heavy (non-hydrogen) atoms. The molecular formula is C37H41N9. The highest BCUT2D eigenvalue weighted by atomic mass is 15.2. The van der Waals surface area contributed by atoms with Crippen LogP contribution in [0.25, 0.3) is 33.8 Å². The summed E-state index contributed by atoms with van der Waals surface area (Å²) >= 11 is 0. The molecule has 1 aliphatic heterocycles. The van der Waals surface area contributed by atoms with Gasteiger partial charge in [0.05, 0.1) is 28.7 Å². The number of hydrogen-bond donors (Lipinski definition) is 2. The molecule has 0 spiro atoms. The van der Waals surface area contributed by atoms with E-state index < -0.39 is 0 Å². The Balaban J connectivity index is 0.00000204. The highest BCUT2D eigenvalue weighted by molar-refractivity contribution is 5.85. The van der Waals surface area contributed by atoms with Crippen molar-refractivity contribution in [3.63, 3.8) is 0 Å². The molecule has 0 aliphatic carbocycles. The van der Waals surface area contributed by atoms with E-state index in [1.165, 1.54) is 5.56 Å². The number of fused-ring (bicyclic) bond motifs is 1. The number of nitrogens with one attached hydrogen (secondary N) is 1. The van der Waals surface area contributed by atoms with Gasteiger partial charge in [-0.3, -0.25) is 14.5 Å². The molecule has 0 bridgehead atoms. The maximum atomic E-state index is 9.15. The summed E-state index contributed by atoms with van der Waals surface area (Å²) in [5, 5.41) is 12.7. The molecule has 6 rings (SSSR count). The standard InChI is InChI=1S/C35H35N9.C2H6/c1-3-6-26(4-2)31-12-13-32-35(41-31)44(34(42-32)30-7-5-16-39-33(30)37)29-10-8-24(9-11-29)23-43-17-14-27(15-18-43)40-28-19-25(20-36)21-38-22-28;1-2/h3-13,16,19,21-22,27,40H,14-15,17-18,23H2,1-2H3,(H2,37,39);1-2H3/b6-3-,26-4+;. The third-order valence-corrected chi connectivity index (χ3v) is 7.96. The van der Waals surface area contributed by atoms with E-state index in [1.54, 1.807) is 18.6 Å². The lowest BCUT2D eigenvalue weighted by molar-refractivity contribution is 0.211. The number of anilines is 2. The second-order valence-corrected chi connectivity index (χ2v) is 10.9. The number of nitriles is 1. The lowest BCUT2D eigenvalue weighted by Gasteiger charge is -2.32. The second kappa shape index (κ2) is 15.1. The molecule has 4 aromatic heterocycles. The fourth-order valence-electron chi connectivity index (χ4n) is 5.72. The average molecular weight is 612 g/mol. The number of rotatable bonds is 8. The number of hydrogen-bond acceptors (Lipinski definition) is 8. The van der Waals surface area contributed by atoms with Crippen LogP contribution in [0.2, 0.25) is 0 Å². The zero-order chi connectivity index (χ0) is 32.5. The van der Waals surface area contributed by atoms with Crippen LogP contribution in [-0.4, -0.2) is 48.5 Å². The van der Waals surface area contributed by atoms with Crippen molar-refractivity contribution in [3.8, 4) is 23.1 Å². The summed E-state index contributed by atoms with van der Waals surface area (Å²) in [4.78, 5) is 21.0. The number of benzene rings is 1. The van der Waals surface area contributed by atoms with Crippen LogP contribution in [0.4, 0.5) is 11.5 Å². The Hall–Kier alpha value is -5.33. The van der Waals surface area contributed by atoms with E-state index in [9.17, 15) is 0 Å². The molecular weight excluding hydrogens is 570 g/mol. The normalized spacial score (nSPS) is 14.2. The maximum Gasteiger partial charge on any atom is 0.165 e. The molecule has 1 saturated heterocycles. The molecule has 1 fully saturated rings. The maximum absolute atomic E-state index is 9.15. The van der Waals surface area contributed by atoms with Crippen molar-refractivity contribution < 1.29 is 0 Å². The highest BCUT2D eigenvalue weighted by Gasteiger charge is 2.21. The predicted molar refractivity (Wildman–Crippen MR) is 187 cm³/mol. The fraction of sp³-hybridized carbons (Fsp3) is 0.270. The summed E-state index contributed by atoms with van der Waals surface area (Å²) < 4.78 is 2.08. The van der Waals surface area contributed by atoms with Crippen molar-refractivity contribution >= 4 is 28.2 Å². The van der Waals surface area contributed by atoms with E-state index >= 15 is 0 Å². The fourth-order valence-corrected chi connectivity index (χ4v) is 5.72. The molecule has 1 aliphatic rings. The van der Waals surface area contributed by atoms with Gasteiger partial charge in [-0.25, -0.2) is 15.0 Å². The minimum atomic E-state index is 0.366. The van der Waals surface area contributed by atoms with Gasteiger partial charge in [-0.15, -0.1) is 0 Å². The van der Waals surface area contributed by atoms with Gasteiger partial charge in [0.25, 0.3) is 0 Å². The Labute approximate surface area is 271 Å². The van der Waals surface area contributed by atoms with E-state index in [0.717, 1.165) is 71.8 Å². The largest absolute Gasteiger partial charge is 0.383 e. The molecule has 5 heterocycles. The molecule has 234 valence electrons. The smallest absolute Gasteiger partial charge is 0.165 e. The first-order valence-corrected chi connectivity index (χ1v) is 15.9. The van der Waals surface area contributed by atoms with Gasteiger partial charge < -0.3 is 11.1 Å². The van der Waals surface area contributed by atoms with Crippen LogP contribution in [0.1, 0.15) is 57.4 Å². The first kappa shape index (κ1) is 32.1. The summed E-state index contributed by atoms with van der Waals surface area (Å²) in [5.41, 5.74) is 14.3. The number of pyridine rings is 3. The quantitative estimate of drug-likeness (QED) is 0.174. The number of nitrogens with two attached hydrogens (primary N) is 1. The summed E-state index contributed by atoms with van der Waals surface area (Å²) in [7, 11) is 0. The summed E-state index contributed by atoms with van der Waals surface area (Å²) in [5.74, 6) is 1.14. The lowest BCUT2D eigenvalue weighted by atomic mass is 10.0. The average Bonchev–Trinajstić information content (AvgIpc) is 3.48. The van der Waals surface area contributed by atoms with Gasteiger partial charge in [-0.1, -0.05) is 44.2 Å². The van der Waals surface area contributed by atoms with Gasteiger partial charge in [0.15, 0.2) is 11.5 Å². The third-order valence-electron chi connectivity index (χ3n) is 7.96. The molecule has 5 aromatic rings. The van der Waals surface area contributed by atoms with E-state index in [0.29, 0.717) is 23.2 Å². The van der Waals surface area contributed by atoms with E-state index in [-0.39, 0.29) is 0 Å². The number of allylic oxidation sites excluding steroid dienone is 4. The first-order chi connectivity index (χ1) is 22.6. The molecule has 0 unspecified atom stereocenters. The van der Waals surface area contributed by atoms with Crippen LogP contribution in [0, 0.1) is 11.3 Å². The topological polar surface area (TPSA) is 122 Å². The Bertz CT molecular complexity index is 1870. The van der Waals surface area contributed by atoms with Crippen molar-refractivity contribution in [2.75, 3.05) is 24.1 Å². The number of nitrogen functional groups attached to an aromatic ring is 1. The van der Waals surface area contributed by atoms with Crippen molar-refractivity contribution in [1.82, 2.24) is 29.4 Å². The number of likely N-dealkylation sites (tertiary alicyclic amines) is 1. The SMILES string of the molecule is C/C=C\C(=C/C)c1ccc2nc(-c3cccnc3N)n(-c3ccc(CN4CCC(Nc5cncc(C#N)c5)CC4)cc3)c2n1.CC. The molecule has 0 saturated carbocycles. The van der Waals surface area contributed by atoms with Crippen LogP contribution < -0.4 is 11.1 Å². The van der Waals surface area contributed by atoms with E-state index in [1.807, 2.05) is 64.1 Å². The van der Waals surface area contributed by atoms with Crippen molar-refractivity contribution in [2.24, 2.45) is 0 Å². The van der Waals surface area contributed by atoms with Gasteiger partial charge in [0.1, 0.15) is 17.4 Å². The molecule has 0 radical (unpaired) electrons. The van der Waals surface area contributed by atoms with Crippen molar-refractivity contribution in [1.29, 1.82) is 5.26 Å². The van der Waals surface area contributed by atoms with E-state index in [4.69, 9.17) is 21.0 Å². The molecule has 9 heteroatoms. The lowest BCUT2D eigenvalue weighted by Crippen LogP contribution is -2.38. The van der Waals surface area contributed by atoms with Gasteiger partial charge in [0.2, 0.25) is 0 Å². The van der Waals surface area contributed by atoms with Gasteiger partial charge in [0, 0.05) is 43.8 Å². The minimum Gasteiger partial charge on any atom is -0.383 e. The molecule has 0 amide bonds. The molecule has 0 atom stereocenters. The summed E-state index contributed by atoms with van der Waals surface area (Å²) in [6, 6.07) is 20.9. The van der Waals surface area contributed by atoms with Gasteiger partial charge in [-0.05, 0) is 80.3 Å². The van der Waals surface area contributed by atoms with Crippen LogP contribution in [0.15, 0.2) is 91.4 Å². The van der Waals surface area contributed by atoms with E-state index in [2.05, 4.69) is 67.2 Å². The minimum absolute atomic E-state index is 0.366. The van der Waals surface area contributed by atoms with Crippen LogP contribution in [0.3, 0.4) is 0 Å².